The second-order valence-electron chi connectivity index (χ2n) is 5.12. The van der Waals surface area contributed by atoms with Gasteiger partial charge in [0.05, 0.1) is 11.5 Å². The maximum absolute atomic E-state index is 11.1. The second-order valence-corrected chi connectivity index (χ2v) is 5.12. The SMILES string of the molecule is CCCNC(C)c1cccn1Cc1ccccc1[N+](=O)[O-]. The van der Waals surface area contributed by atoms with Crippen molar-refractivity contribution in [1.82, 2.24) is 9.88 Å². The molecule has 112 valence electrons. The lowest BCUT2D eigenvalue weighted by atomic mass is 10.1. The summed E-state index contributed by atoms with van der Waals surface area (Å²) < 4.78 is 2.07. The standard InChI is InChI=1S/C16H21N3O2/c1-3-10-17-13(2)15-9-6-11-18(15)12-14-7-4-5-8-16(14)19(20)21/h4-9,11,13,17H,3,10,12H2,1-2H3. The van der Waals surface area contributed by atoms with Gasteiger partial charge in [0.15, 0.2) is 0 Å². The molecule has 5 nitrogen and oxygen atoms in total. The van der Waals surface area contributed by atoms with E-state index in [1.54, 1.807) is 12.1 Å². The Morgan fingerprint density at radius 2 is 2.05 bits per heavy atom. The fourth-order valence-electron chi connectivity index (χ4n) is 2.44. The van der Waals surface area contributed by atoms with Crippen LogP contribution in [0, 0.1) is 10.1 Å². The molecule has 1 aromatic carbocycles. The molecule has 21 heavy (non-hydrogen) atoms. The molecule has 1 aromatic heterocycles. The third-order valence-electron chi connectivity index (χ3n) is 3.54. The van der Waals surface area contributed by atoms with Crippen LogP contribution in [0.2, 0.25) is 0 Å². The predicted molar refractivity (Wildman–Crippen MR) is 83.3 cm³/mol. The van der Waals surface area contributed by atoms with E-state index >= 15 is 0 Å². The van der Waals surface area contributed by atoms with Gasteiger partial charge in [0, 0.05) is 29.6 Å². The van der Waals surface area contributed by atoms with Gasteiger partial charge in [0.2, 0.25) is 0 Å². The summed E-state index contributed by atoms with van der Waals surface area (Å²) in [7, 11) is 0. The van der Waals surface area contributed by atoms with E-state index < -0.39 is 0 Å². The van der Waals surface area contributed by atoms with Crippen molar-refractivity contribution < 1.29 is 4.92 Å². The molecular weight excluding hydrogens is 266 g/mol. The summed E-state index contributed by atoms with van der Waals surface area (Å²) in [6.45, 7) is 5.71. The van der Waals surface area contributed by atoms with Gasteiger partial charge in [-0.1, -0.05) is 25.1 Å². The summed E-state index contributed by atoms with van der Waals surface area (Å²) in [5, 5.41) is 14.5. The first-order chi connectivity index (χ1) is 10.1. The van der Waals surface area contributed by atoms with Crippen molar-refractivity contribution in [3.05, 3.63) is 64.0 Å². The molecule has 0 aliphatic heterocycles. The van der Waals surface area contributed by atoms with Crippen LogP contribution in [0.4, 0.5) is 5.69 Å². The molecule has 1 N–H and O–H groups in total. The molecule has 2 rings (SSSR count). The van der Waals surface area contributed by atoms with E-state index in [1.165, 1.54) is 0 Å². The molecule has 5 heteroatoms. The highest BCUT2D eigenvalue weighted by Crippen LogP contribution is 2.21. The van der Waals surface area contributed by atoms with E-state index in [2.05, 4.69) is 29.8 Å². The van der Waals surface area contributed by atoms with Crippen LogP contribution in [0.3, 0.4) is 0 Å². The molecule has 1 atom stereocenters. The minimum Gasteiger partial charge on any atom is -0.345 e. The topological polar surface area (TPSA) is 60.1 Å². The molecule has 0 aliphatic carbocycles. The molecular formula is C16H21N3O2. The van der Waals surface area contributed by atoms with E-state index in [4.69, 9.17) is 0 Å². The minimum atomic E-state index is -0.322. The maximum atomic E-state index is 11.1. The summed E-state index contributed by atoms with van der Waals surface area (Å²) in [6, 6.07) is 11.2. The molecule has 1 heterocycles. The highest BCUT2D eigenvalue weighted by molar-refractivity contribution is 5.40. The van der Waals surface area contributed by atoms with Crippen molar-refractivity contribution in [2.24, 2.45) is 0 Å². The Kier molecular flexibility index (Phi) is 5.11. The van der Waals surface area contributed by atoms with Gasteiger partial charge in [-0.05, 0) is 32.0 Å². The Labute approximate surface area is 124 Å². The van der Waals surface area contributed by atoms with Crippen molar-refractivity contribution in [2.75, 3.05) is 6.54 Å². The zero-order chi connectivity index (χ0) is 15.2. The molecule has 2 aromatic rings. The lowest BCUT2D eigenvalue weighted by molar-refractivity contribution is -0.385. The largest absolute Gasteiger partial charge is 0.345 e. The van der Waals surface area contributed by atoms with Gasteiger partial charge in [0.25, 0.3) is 5.69 Å². The fourth-order valence-corrected chi connectivity index (χ4v) is 2.44. The fraction of sp³-hybridized carbons (Fsp3) is 0.375. The average Bonchev–Trinajstić information content (AvgIpc) is 2.93. The lowest BCUT2D eigenvalue weighted by Gasteiger charge is -2.17. The molecule has 0 spiro atoms. The van der Waals surface area contributed by atoms with Gasteiger partial charge < -0.3 is 9.88 Å². The number of nitro groups is 1. The van der Waals surface area contributed by atoms with E-state index in [0.717, 1.165) is 24.2 Å². The molecule has 1 unspecified atom stereocenters. The van der Waals surface area contributed by atoms with Gasteiger partial charge in [-0.25, -0.2) is 0 Å². The van der Waals surface area contributed by atoms with Crippen LogP contribution in [0.5, 0.6) is 0 Å². The Morgan fingerprint density at radius 3 is 2.76 bits per heavy atom. The molecule has 0 aliphatic rings. The number of benzene rings is 1. The molecule has 0 radical (unpaired) electrons. The predicted octanol–water partition coefficient (Wildman–Crippen LogP) is 3.51. The number of nitrogens with zero attached hydrogens (tertiary/aromatic N) is 2. The van der Waals surface area contributed by atoms with E-state index in [0.29, 0.717) is 6.54 Å². The molecule has 0 saturated heterocycles. The van der Waals surface area contributed by atoms with Crippen LogP contribution < -0.4 is 5.32 Å². The highest BCUT2D eigenvalue weighted by Gasteiger charge is 2.15. The summed E-state index contributed by atoms with van der Waals surface area (Å²) in [4.78, 5) is 10.8. The third kappa shape index (κ3) is 3.70. The van der Waals surface area contributed by atoms with Gasteiger partial charge in [-0.2, -0.15) is 0 Å². The Morgan fingerprint density at radius 1 is 1.29 bits per heavy atom. The summed E-state index contributed by atoms with van der Waals surface area (Å²) in [5.74, 6) is 0. The second kappa shape index (κ2) is 7.04. The van der Waals surface area contributed by atoms with E-state index in [1.807, 2.05) is 24.4 Å². The number of hydrogen-bond acceptors (Lipinski definition) is 3. The highest BCUT2D eigenvalue weighted by atomic mass is 16.6. The average molecular weight is 287 g/mol. The van der Waals surface area contributed by atoms with Crippen molar-refractivity contribution >= 4 is 5.69 Å². The number of rotatable bonds is 7. The molecule has 0 bridgehead atoms. The monoisotopic (exact) mass is 287 g/mol. The van der Waals surface area contributed by atoms with E-state index in [-0.39, 0.29) is 16.7 Å². The number of hydrogen-bond donors (Lipinski definition) is 1. The number of aromatic nitrogens is 1. The zero-order valence-electron chi connectivity index (χ0n) is 12.5. The zero-order valence-corrected chi connectivity index (χ0v) is 12.5. The normalized spacial score (nSPS) is 12.3. The van der Waals surface area contributed by atoms with E-state index in [9.17, 15) is 10.1 Å². The number of para-hydroxylation sites is 1. The maximum Gasteiger partial charge on any atom is 0.274 e. The lowest BCUT2D eigenvalue weighted by Crippen LogP contribution is -2.22. The van der Waals surface area contributed by atoms with Gasteiger partial charge in [0.1, 0.15) is 0 Å². The Hall–Kier alpha value is -2.14. The van der Waals surface area contributed by atoms with Gasteiger partial charge in [-0.3, -0.25) is 10.1 Å². The quantitative estimate of drug-likeness (QED) is 0.626. The molecule has 0 fully saturated rings. The minimum absolute atomic E-state index is 0.173. The smallest absolute Gasteiger partial charge is 0.274 e. The summed E-state index contributed by atoms with van der Waals surface area (Å²) in [6.07, 6.45) is 3.05. The number of nitrogens with one attached hydrogen (secondary N) is 1. The Bertz CT molecular complexity index is 607. The van der Waals surface area contributed by atoms with Crippen molar-refractivity contribution in [3.8, 4) is 0 Å². The number of nitro benzene ring substituents is 1. The van der Waals surface area contributed by atoms with Crippen LogP contribution in [-0.2, 0) is 6.54 Å². The van der Waals surface area contributed by atoms with Crippen LogP contribution >= 0.6 is 0 Å². The summed E-state index contributed by atoms with van der Waals surface area (Å²) >= 11 is 0. The van der Waals surface area contributed by atoms with Crippen molar-refractivity contribution in [2.45, 2.75) is 32.9 Å². The molecule has 0 amide bonds. The Balaban J connectivity index is 2.21. The third-order valence-corrected chi connectivity index (χ3v) is 3.54. The van der Waals surface area contributed by atoms with Crippen molar-refractivity contribution in [1.29, 1.82) is 0 Å². The van der Waals surface area contributed by atoms with Crippen LogP contribution in [-0.4, -0.2) is 16.0 Å². The first-order valence-electron chi connectivity index (χ1n) is 7.24. The van der Waals surface area contributed by atoms with Gasteiger partial charge >= 0.3 is 0 Å². The first kappa shape index (κ1) is 15.3. The van der Waals surface area contributed by atoms with Crippen LogP contribution in [0.25, 0.3) is 0 Å². The van der Waals surface area contributed by atoms with Gasteiger partial charge in [-0.15, -0.1) is 0 Å². The first-order valence-corrected chi connectivity index (χ1v) is 7.24. The van der Waals surface area contributed by atoms with Crippen molar-refractivity contribution in [3.63, 3.8) is 0 Å². The van der Waals surface area contributed by atoms with Crippen LogP contribution in [0.15, 0.2) is 42.6 Å². The van der Waals surface area contributed by atoms with Crippen LogP contribution in [0.1, 0.15) is 37.6 Å². The summed E-state index contributed by atoms with van der Waals surface area (Å²) in [5.41, 5.74) is 2.04. The molecule has 0 saturated carbocycles.